The largest absolute Gasteiger partial charge is 0.497 e. The lowest BCUT2D eigenvalue weighted by Gasteiger charge is -2.15. The summed E-state index contributed by atoms with van der Waals surface area (Å²) in [5.74, 6) is 0.870. The molecule has 1 unspecified atom stereocenters. The van der Waals surface area contributed by atoms with Gasteiger partial charge in [0.15, 0.2) is 0 Å². The summed E-state index contributed by atoms with van der Waals surface area (Å²) in [5, 5.41) is 6.47. The van der Waals surface area contributed by atoms with Crippen LogP contribution in [0.2, 0.25) is 0 Å². The van der Waals surface area contributed by atoms with E-state index in [0.717, 1.165) is 22.0 Å². The number of nitrogens with one attached hydrogen (secondary N) is 1. The van der Waals surface area contributed by atoms with E-state index in [9.17, 15) is 0 Å². The summed E-state index contributed by atoms with van der Waals surface area (Å²) in [7, 11) is 3.62. The Hall–Kier alpha value is -1.39. The van der Waals surface area contributed by atoms with E-state index in [1.165, 1.54) is 0 Å². The lowest BCUT2D eigenvalue weighted by atomic mass is 10.0. The average molecular weight is 248 g/mol. The molecule has 2 rings (SSSR count). The predicted octanol–water partition coefficient (Wildman–Crippen LogP) is 2.77. The Balaban J connectivity index is 2.34. The van der Waals surface area contributed by atoms with Gasteiger partial charge in [0.25, 0.3) is 0 Å². The zero-order chi connectivity index (χ0) is 12.3. The minimum absolute atomic E-state index is 0.120. The van der Waals surface area contributed by atoms with Crippen LogP contribution in [0.3, 0.4) is 0 Å². The zero-order valence-electron chi connectivity index (χ0n) is 10.2. The first-order valence-corrected chi connectivity index (χ1v) is 6.36. The molecule has 1 N–H and O–H groups in total. The van der Waals surface area contributed by atoms with Gasteiger partial charge in [-0.3, -0.25) is 0 Å². The normalized spacial score (nSPS) is 12.4. The van der Waals surface area contributed by atoms with Gasteiger partial charge in [0.1, 0.15) is 5.75 Å². The van der Waals surface area contributed by atoms with Crippen LogP contribution in [0.25, 0.3) is 0 Å². The van der Waals surface area contributed by atoms with Gasteiger partial charge in [0, 0.05) is 5.38 Å². The number of rotatable bonds is 4. The highest BCUT2D eigenvalue weighted by molar-refractivity contribution is 7.09. The maximum Gasteiger partial charge on any atom is 0.119 e. The van der Waals surface area contributed by atoms with Crippen LogP contribution in [0.15, 0.2) is 29.6 Å². The van der Waals surface area contributed by atoms with Crippen molar-refractivity contribution in [1.29, 1.82) is 0 Å². The Labute approximate surface area is 105 Å². The highest BCUT2D eigenvalue weighted by Crippen LogP contribution is 2.25. The van der Waals surface area contributed by atoms with Crippen LogP contribution in [0.1, 0.15) is 22.3 Å². The predicted molar refractivity (Wildman–Crippen MR) is 70.7 cm³/mol. The number of hydrogen-bond acceptors (Lipinski definition) is 4. The number of hydrogen-bond donors (Lipinski definition) is 1. The van der Waals surface area contributed by atoms with Crippen LogP contribution in [-0.4, -0.2) is 19.1 Å². The topological polar surface area (TPSA) is 34.1 Å². The van der Waals surface area contributed by atoms with Crippen molar-refractivity contribution in [3.05, 3.63) is 45.9 Å². The molecule has 2 aromatic rings. The summed E-state index contributed by atoms with van der Waals surface area (Å²) in [4.78, 5) is 4.53. The van der Waals surface area contributed by atoms with Gasteiger partial charge in [0.05, 0.1) is 23.9 Å². The lowest BCUT2D eigenvalue weighted by Crippen LogP contribution is -2.18. The fraction of sp³-hybridized carbons (Fsp3) is 0.308. The molecule has 0 bridgehead atoms. The van der Waals surface area contributed by atoms with Crippen LogP contribution >= 0.6 is 11.3 Å². The molecule has 0 aliphatic heterocycles. The van der Waals surface area contributed by atoms with Crippen molar-refractivity contribution in [3.8, 4) is 5.75 Å². The molecule has 1 atom stereocenters. The molecule has 0 saturated heterocycles. The molecule has 1 aromatic carbocycles. The van der Waals surface area contributed by atoms with Crippen LogP contribution in [0.4, 0.5) is 0 Å². The quantitative estimate of drug-likeness (QED) is 0.903. The van der Waals surface area contributed by atoms with Crippen molar-refractivity contribution in [1.82, 2.24) is 10.3 Å². The van der Waals surface area contributed by atoms with E-state index in [2.05, 4.69) is 21.7 Å². The number of benzene rings is 1. The van der Waals surface area contributed by atoms with Crippen molar-refractivity contribution in [2.45, 2.75) is 13.0 Å². The first kappa shape index (κ1) is 12.1. The number of aromatic nitrogens is 1. The number of ether oxygens (including phenoxy) is 1. The van der Waals surface area contributed by atoms with E-state index in [1.54, 1.807) is 18.4 Å². The molecule has 0 spiro atoms. The Morgan fingerprint density at radius 1 is 1.41 bits per heavy atom. The van der Waals surface area contributed by atoms with Crippen molar-refractivity contribution >= 4 is 11.3 Å². The molecule has 0 fully saturated rings. The third-order valence-corrected chi connectivity index (χ3v) is 3.44. The Morgan fingerprint density at radius 2 is 2.24 bits per heavy atom. The van der Waals surface area contributed by atoms with E-state index in [-0.39, 0.29) is 6.04 Å². The van der Waals surface area contributed by atoms with Gasteiger partial charge in [-0.2, -0.15) is 0 Å². The molecular weight excluding hydrogens is 232 g/mol. The lowest BCUT2D eigenvalue weighted by molar-refractivity contribution is 0.413. The maximum absolute atomic E-state index is 5.25. The third kappa shape index (κ3) is 2.65. The van der Waals surface area contributed by atoms with Gasteiger partial charge in [-0.05, 0) is 31.7 Å². The van der Waals surface area contributed by atoms with Gasteiger partial charge in [-0.1, -0.05) is 12.1 Å². The number of thiazole rings is 1. The molecule has 0 saturated carbocycles. The zero-order valence-corrected chi connectivity index (χ0v) is 11.0. The molecule has 0 radical (unpaired) electrons. The monoisotopic (exact) mass is 248 g/mol. The molecule has 90 valence electrons. The Morgan fingerprint density at radius 3 is 2.82 bits per heavy atom. The molecule has 1 aromatic heterocycles. The molecule has 17 heavy (non-hydrogen) atoms. The summed E-state index contributed by atoms with van der Waals surface area (Å²) >= 11 is 1.67. The highest BCUT2D eigenvalue weighted by Gasteiger charge is 2.15. The van der Waals surface area contributed by atoms with Crippen molar-refractivity contribution in [2.75, 3.05) is 14.2 Å². The van der Waals surface area contributed by atoms with Crippen LogP contribution < -0.4 is 10.1 Å². The van der Waals surface area contributed by atoms with Gasteiger partial charge >= 0.3 is 0 Å². The highest BCUT2D eigenvalue weighted by atomic mass is 32.1. The van der Waals surface area contributed by atoms with Crippen LogP contribution in [0, 0.1) is 6.92 Å². The van der Waals surface area contributed by atoms with E-state index in [4.69, 9.17) is 4.74 Å². The maximum atomic E-state index is 5.25. The summed E-state index contributed by atoms with van der Waals surface area (Å²) in [6.07, 6.45) is 0. The molecule has 0 amide bonds. The Bertz CT molecular complexity index is 496. The van der Waals surface area contributed by atoms with Gasteiger partial charge in [-0.25, -0.2) is 4.98 Å². The Kier molecular flexibility index (Phi) is 3.76. The van der Waals surface area contributed by atoms with E-state index in [1.807, 2.05) is 32.2 Å². The van der Waals surface area contributed by atoms with Gasteiger partial charge in [-0.15, -0.1) is 11.3 Å². The molecule has 0 aliphatic carbocycles. The van der Waals surface area contributed by atoms with Crippen molar-refractivity contribution in [3.63, 3.8) is 0 Å². The number of aryl methyl sites for hydroxylation is 1. The second kappa shape index (κ2) is 5.29. The molecule has 4 heteroatoms. The van der Waals surface area contributed by atoms with E-state index < -0.39 is 0 Å². The summed E-state index contributed by atoms with van der Waals surface area (Å²) < 4.78 is 5.25. The molecule has 0 aliphatic rings. The summed E-state index contributed by atoms with van der Waals surface area (Å²) in [5.41, 5.74) is 2.22. The third-order valence-electron chi connectivity index (χ3n) is 2.65. The SMILES string of the molecule is CNC(c1cccc(OC)c1)c1csc(C)n1. The minimum Gasteiger partial charge on any atom is -0.497 e. The first-order valence-electron chi connectivity index (χ1n) is 5.48. The summed E-state index contributed by atoms with van der Waals surface area (Å²) in [6, 6.07) is 8.18. The molecule has 1 heterocycles. The van der Waals surface area contributed by atoms with Crippen LogP contribution in [0.5, 0.6) is 5.75 Å². The van der Waals surface area contributed by atoms with Gasteiger partial charge in [0.2, 0.25) is 0 Å². The van der Waals surface area contributed by atoms with Gasteiger partial charge < -0.3 is 10.1 Å². The van der Waals surface area contributed by atoms with E-state index >= 15 is 0 Å². The average Bonchev–Trinajstić information content (AvgIpc) is 2.77. The number of methoxy groups -OCH3 is 1. The van der Waals surface area contributed by atoms with Crippen molar-refractivity contribution in [2.24, 2.45) is 0 Å². The standard InChI is InChI=1S/C13H16N2OS/c1-9-15-12(8-17-9)13(14-2)10-5-4-6-11(7-10)16-3/h4-8,13-14H,1-3H3. The summed E-state index contributed by atoms with van der Waals surface area (Å²) in [6.45, 7) is 2.02. The second-order valence-electron chi connectivity index (χ2n) is 3.79. The second-order valence-corrected chi connectivity index (χ2v) is 4.85. The molecular formula is C13H16N2OS. The minimum atomic E-state index is 0.120. The van der Waals surface area contributed by atoms with Crippen molar-refractivity contribution < 1.29 is 4.74 Å². The van der Waals surface area contributed by atoms with E-state index in [0.29, 0.717) is 0 Å². The first-order chi connectivity index (χ1) is 8.24. The number of nitrogens with zero attached hydrogens (tertiary/aromatic N) is 1. The molecule has 3 nitrogen and oxygen atoms in total. The smallest absolute Gasteiger partial charge is 0.119 e. The fourth-order valence-electron chi connectivity index (χ4n) is 1.82. The fourth-order valence-corrected chi connectivity index (χ4v) is 2.46. The van der Waals surface area contributed by atoms with Crippen LogP contribution in [-0.2, 0) is 0 Å².